The number of nitrogens with two attached hydrogens (primary N) is 1. The predicted octanol–water partition coefficient (Wildman–Crippen LogP) is 4.17. The van der Waals surface area contributed by atoms with Gasteiger partial charge in [0, 0.05) is 26.1 Å². The van der Waals surface area contributed by atoms with E-state index in [9.17, 15) is 4.79 Å². The highest BCUT2D eigenvalue weighted by Gasteiger charge is 2.27. The number of hydrogen-bond acceptors (Lipinski definition) is 4. The number of hydrogen-bond donors (Lipinski definition) is 1. The van der Waals surface area contributed by atoms with E-state index in [1.165, 1.54) is 0 Å². The molecule has 1 aliphatic carbocycles. The molecule has 0 aliphatic heterocycles. The lowest BCUT2D eigenvalue weighted by Crippen LogP contribution is -2.32. The van der Waals surface area contributed by atoms with E-state index in [1.807, 2.05) is 55.6 Å². The molecular formula is C23H31ClN2O3. The van der Waals surface area contributed by atoms with E-state index in [1.54, 1.807) is 12.0 Å². The van der Waals surface area contributed by atoms with Crippen LogP contribution in [-0.4, -0.2) is 31.0 Å². The lowest BCUT2D eigenvalue weighted by molar-refractivity contribution is -0.131. The number of carbonyl (C=O) groups is 1. The monoisotopic (exact) mass is 418 g/mol. The molecule has 1 fully saturated rings. The Bertz CT molecular complexity index is 785. The van der Waals surface area contributed by atoms with Crippen molar-refractivity contribution >= 4 is 18.3 Å². The molecular weight excluding hydrogens is 388 g/mol. The van der Waals surface area contributed by atoms with Crippen molar-refractivity contribution in [3.63, 3.8) is 0 Å². The van der Waals surface area contributed by atoms with Crippen molar-refractivity contribution < 1.29 is 14.3 Å². The summed E-state index contributed by atoms with van der Waals surface area (Å²) in [6.07, 6.45) is 3.75. The van der Waals surface area contributed by atoms with Gasteiger partial charge in [0.25, 0.3) is 0 Å². The normalized spacial score (nSPS) is 18.0. The number of amides is 1. The molecule has 6 heteroatoms. The molecule has 0 radical (unpaired) electrons. The van der Waals surface area contributed by atoms with Crippen LogP contribution in [0, 0.1) is 5.92 Å². The van der Waals surface area contributed by atoms with Crippen molar-refractivity contribution in [2.75, 3.05) is 14.2 Å². The summed E-state index contributed by atoms with van der Waals surface area (Å²) < 4.78 is 11.4. The number of ether oxygens (including phenoxy) is 2. The molecule has 2 atom stereocenters. The lowest BCUT2D eigenvalue weighted by Gasteiger charge is -2.22. The second-order valence-electron chi connectivity index (χ2n) is 7.57. The molecule has 29 heavy (non-hydrogen) atoms. The second-order valence-corrected chi connectivity index (χ2v) is 7.57. The average Bonchev–Trinajstić information content (AvgIpc) is 3.12. The fraction of sp³-hybridized carbons (Fsp3) is 0.435. The van der Waals surface area contributed by atoms with Gasteiger partial charge in [-0.2, -0.15) is 0 Å². The first-order chi connectivity index (χ1) is 13.6. The average molecular weight is 419 g/mol. The maximum absolute atomic E-state index is 12.5. The summed E-state index contributed by atoms with van der Waals surface area (Å²) in [6, 6.07) is 16.0. The van der Waals surface area contributed by atoms with E-state index in [4.69, 9.17) is 15.2 Å². The first-order valence-electron chi connectivity index (χ1n) is 9.90. The summed E-state index contributed by atoms with van der Waals surface area (Å²) in [5, 5.41) is 0. The van der Waals surface area contributed by atoms with Crippen LogP contribution in [0.15, 0.2) is 48.5 Å². The minimum absolute atomic E-state index is 0. The number of nitrogens with zero attached hydrogens (tertiary/aromatic N) is 1. The van der Waals surface area contributed by atoms with Crippen LogP contribution in [0.5, 0.6) is 11.5 Å². The van der Waals surface area contributed by atoms with Gasteiger partial charge in [0.05, 0.1) is 7.11 Å². The Morgan fingerprint density at radius 2 is 1.86 bits per heavy atom. The Hall–Kier alpha value is -2.24. The minimum Gasteiger partial charge on any atom is -0.493 e. The second kappa shape index (κ2) is 11.1. The SMILES string of the molecule is COc1cc(CN(C)C(=O)C[C@@H]2CCC[C@H]2N)ccc1OCc1ccccc1.Cl. The molecule has 158 valence electrons. The van der Waals surface area contributed by atoms with Crippen LogP contribution in [0.1, 0.15) is 36.8 Å². The lowest BCUT2D eigenvalue weighted by atomic mass is 9.99. The zero-order valence-electron chi connectivity index (χ0n) is 17.2. The third-order valence-electron chi connectivity index (χ3n) is 5.47. The molecule has 0 heterocycles. The first kappa shape index (κ1) is 23.0. The Labute approximate surface area is 179 Å². The summed E-state index contributed by atoms with van der Waals surface area (Å²) in [6.45, 7) is 1.02. The number of methoxy groups -OCH3 is 1. The van der Waals surface area contributed by atoms with Crippen LogP contribution in [-0.2, 0) is 17.9 Å². The maximum Gasteiger partial charge on any atom is 0.222 e. The quantitative estimate of drug-likeness (QED) is 0.698. The molecule has 2 aromatic rings. The van der Waals surface area contributed by atoms with Gasteiger partial charge in [-0.3, -0.25) is 4.79 Å². The predicted molar refractivity (Wildman–Crippen MR) is 117 cm³/mol. The van der Waals surface area contributed by atoms with Crippen LogP contribution in [0.4, 0.5) is 0 Å². The third kappa shape index (κ3) is 6.38. The van der Waals surface area contributed by atoms with Gasteiger partial charge < -0.3 is 20.1 Å². The van der Waals surface area contributed by atoms with Gasteiger partial charge in [0.1, 0.15) is 6.61 Å². The maximum atomic E-state index is 12.5. The third-order valence-corrected chi connectivity index (χ3v) is 5.47. The molecule has 0 bridgehead atoms. The highest BCUT2D eigenvalue weighted by Crippen LogP contribution is 2.30. The molecule has 0 aromatic heterocycles. The van der Waals surface area contributed by atoms with Crippen molar-refractivity contribution in [3.05, 3.63) is 59.7 Å². The van der Waals surface area contributed by atoms with Gasteiger partial charge in [-0.25, -0.2) is 0 Å². The van der Waals surface area contributed by atoms with E-state index in [0.29, 0.717) is 37.0 Å². The van der Waals surface area contributed by atoms with Crippen molar-refractivity contribution in [1.82, 2.24) is 4.90 Å². The number of halogens is 1. The summed E-state index contributed by atoms with van der Waals surface area (Å²) in [5.41, 5.74) is 8.21. The molecule has 1 saturated carbocycles. The van der Waals surface area contributed by atoms with E-state index >= 15 is 0 Å². The molecule has 2 aromatic carbocycles. The minimum atomic E-state index is 0. The number of rotatable bonds is 8. The molecule has 2 N–H and O–H groups in total. The van der Waals surface area contributed by atoms with Gasteiger partial charge in [0.2, 0.25) is 5.91 Å². The van der Waals surface area contributed by atoms with E-state index in [-0.39, 0.29) is 24.4 Å². The molecule has 0 unspecified atom stereocenters. The zero-order valence-corrected chi connectivity index (χ0v) is 18.0. The van der Waals surface area contributed by atoms with Crippen molar-refractivity contribution in [2.24, 2.45) is 11.7 Å². The van der Waals surface area contributed by atoms with Crippen LogP contribution >= 0.6 is 12.4 Å². The molecule has 1 aliphatic rings. The fourth-order valence-electron chi connectivity index (χ4n) is 3.73. The zero-order chi connectivity index (χ0) is 19.9. The van der Waals surface area contributed by atoms with Crippen molar-refractivity contribution in [3.8, 4) is 11.5 Å². The Morgan fingerprint density at radius 3 is 2.52 bits per heavy atom. The molecule has 5 nitrogen and oxygen atoms in total. The number of benzene rings is 2. The largest absolute Gasteiger partial charge is 0.493 e. The molecule has 0 saturated heterocycles. The van der Waals surface area contributed by atoms with Crippen molar-refractivity contribution in [2.45, 2.75) is 44.9 Å². The summed E-state index contributed by atoms with van der Waals surface area (Å²) >= 11 is 0. The van der Waals surface area contributed by atoms with Gasteiger partial charge in [0.15, 0.2) is 11.5 Å². The van der Waals surface area contributed by atoms with E-state index in [2.05, 4.69) is 0 Å². The van der Waals surface area contributed by atoms with Gasteiger partial charge >= 0.3 is 0 Å². The Morgan fingerprint density at radius 1 is 1.10 bits per heavy atom. The number of carbonyl (C=O) groups excluding carboxylic acids is 1. The van der Waals surface area contributed by atoms with E-state index < -0.39 is 0 Å². The smallest absolute Gasteiger partial charge is 0.222 e. The first-order valence-corrected chi connectivity index (χ1v) is 9.90. The fourth-order valence-corrected chi connectivity index (χ4v) is 3.73. The van der Waals surface area contributed by atoms with Crippen LogP contribution in [0.25, 0.3) is 0 Å². The van der Waals surface area contributed by atoms with Crippen molar-refractivity contribution in [1.29, 1.82) is 0 Å². The van der Waals surface area contributed by atoms with Gasteiger partial charge in [-0.1, -0.05) is 42.8 Å². The Balaban J connectivity index is 0.00000300. The van der Waals surface area contributed by atoms with Crippen LogP contribution < -0.4 is 15.2 Å². The van der Waals surface area contributed by atoms with Gasteiger partial charge in [-0.05, 0) is 42.0 Å². The summed E-state index contributed by atoms with van der Waals surface area (Å²) in [7, 11) is 3.47. The highest BCUT2D eigenvalue weighted by molar-refractivity contribution is 5.85. The topological polar surface area (TPSA) is 64.8 Å². The molecule has 0 spiro atoms. The molecule has 3 rings (SSSR count). The van der Waals surface area contributed by atoms with Crippen LogP contribution in [0.3, 0.4) is 0 Å². The standard InChI is InChI=1S/C23H30N2O3.ClH/c1-25(23(26)14-19-9-6-10-20(19)24)15-18-11-12-21(22(13-18)27-2)28-16-17-7-4-3-5-8-17;/h3-5,7-8,11-13,19-20H,6,9-10,14-16,24H2,1-2H3;1H/t19-,20+;/m0./s1. The Kier molecular flexibility index (Phi) is 8.80. The van der Waals surface area contributed by atoms with E-state index in [0.717, 1.165) is 30.4 Å². The summed E-state index contributed by atoms with van der Waals surface area (Å²) in [5.74, 6) is 1.83. The molecule has 1 amide bonds. The highest BCUT2D eigenvalue weighted by atomic mass is 35.5. The van der Waals surface area contributed by atoms with Crippen LogP contribution in [0.2, 0.25) is 0 Å². The summed E-state index contributed by atoms with van der Waals surface area (Å²) in [4.78, 5) is 14.3. The van der Waals surface area contributed by atoms with Gasteiger partial charge in [-0.15, -0.1) is 12.4 Å².